The first kappa shape index (κ1) is 12.0. The van der Waals surface area contributed by atoms with Crippen molar-refractivity contribution in [3.05, 3.63) is 11.1 Å². The van der Waals surface area contributed by atoms with Crippen LogP contribution in [0.1, 0.15) is 25.6 Å². The van der Waals surface area contributed by atoms with Crippen molar-refractivity contribution in [2.75, 3.05) is 11.9 Å². The molecule has 1 heterocycles. The van der Waals surface area contributed by atoms with Crippen LogP contribution < -0.4 is 4.90 Å². The Balaban J connectivity index is 2.69. The fourth-order valence-electron chi connectivity index (χ4n) is 0.906. The lowest BCUT2D eigenvalue weighted by molar-refractivity contribution is 0.0589. The average molecular weight is 228 g/mol. The zero-order chi connectivity index (χ0) is 11.6. The van der Waals surface area contributed by atoms with Gasteiger partial charge in [-0.15, -0.1) is 11.3 Å². The van der Waals surface area contributed by atoms with Crippen LogP contribution in [0.25, 0.3) is 0 Å². The van der Waals surface area contributed by atoms with Gasteiger partial charge in [-0.2, -0.15) is 0 Å². The van der Waals surface area contributed by atoms with E-state index < -0.39 is 5.60 Å². The number of hydrogen-bond acceptors (Lipinski definition) is 4. The number of hydrogen-bond donors (Lipinski definition) is 0. The molecule has 1 aromatic heterocycles. The van der Waals surface area contributed by atoms with E-state index in [1.807, 2.05) is 27.7 Å². The Morgan fingerprint density at radius 2 is 2.13 bits per heavy atom. The van der Waals surface area contributed by atoms with E-state index in [1.165, 1.54) is 16.2 Å². The normalized spacial score (nSPS) is 11.3. The Morgan fingerprint density at radius 3 is 2.53 bits per heavy atom. The van der Waals surface area contributed by atoms with Crippen molar-refractivity contribution in [1.82, 2.24) is 4.98 Å². The molecule has 1 aromatic rings. The lowest BCUT2D eigenvalue weighted by Gasteiger charge is -2.23. The molecule has 84 valence electrons. The summed E-state index contributed by atoms with van der Waals surface area (Å²) in [6.45, 7) is 7.47. The monoisotopic (exact) mass is 228 g/mol. The molecule has 0 fully saturated rings. The summed E-state index contributed by atoms with van der Waals surface area (Å²) in [5.41, 5.74) is -0.475. The van der Waals surface area contributed by atoms with E-state index in [0.29, 0.717) is 5.13 Å². The van der Waals surface area contributed by atoms with Gasteiger partial charge in [0.25, 0.3) is 0 Å². The van der Waals surface area contributed by atoms with E-state index in [1.54, 1.807) is 13.2 Å². The molecule has 0 radical (unpaired) electrons. The SMILES string of the molecule is Cc1cnc(N(C)C(=O)OC(C)(C)C)s1. The number of thiazole rings is 1. The maximum absolute atomic E-state index is 11.6. The number of rotatable bonds is 1. The molecule has 15 heavy (non-hydrogen) atoms. The largest absolute Gasteiger partial charge is 0.443 e. The Morgan fingerprint density at radius 1 is 1.53 bits per heavy atom. The van der Waals surface area contributed by atoms with Gasteiger partial charge in [0.15, 0.2) is 5.13 Å². The van der Waals surface area contributed by atoms with Gasteiger partial charge < -0.3 is 4.74 Å². The highest BCUT2D eigenvalue weighted by molar-refractivity contribution is 7.15. The Kier molecular flexibility index (Phi) is 3.34. The van der Waals surface area contributed by atoms with Crippen LogP contribution in [0.4, 0.5) is 9.93 Å². The topological polar surface area (TPSA) is 42.4 Å². The zero-order valence-corrected chi connectivity index (χ0v) is 10.5. The molecule has 0 atom stereocenters. The van der Waals surface area contributed by atoms with E-state index >= 15 is 0 Å². The number of aryl methyl sites for hydroxylation is 1. The minimum absolute atomic E-state index is 0.378. The third-order valence-corrected chi connectivity index (χ3v) is 2.55. The Bertz CT molecular complexity index is 355. The molecule has 0 saturated carbocycles. The molecule has 0 aliphatic rings. The number of carbonyl (C=O) groups is 1. The maximum atomic E-state index is 11.6. The molecule has 0 saturated heterocycles. The molecular formula is C10H16N2O2S. The summed E-state index contributed by atoms with van der Waals surface area (Å²) in [6, 6.07) is 0. The molecule has 4 nitrogen and oxygen atoms in total. The van der Waals surface area contributed by atoms with E-state index in [4.69, 9.17) is 4.74 Å². The first-order valence-electron chi connectivity index (χ1n) is 4.69. The van der Waals surface area contributed by atoms with E-state index in [9.17, 15) is 4.79 Å². The number of ether oxygens (including phenoxy) is 1. The summed E-state index contributed by atoms with van der Waals surface area (Å²) in [4.78, 5) is 18.2. The number of anilines is 1. The van der Waals surface area contributed by atoms with Gasteiger partial charge >= 0.3 is 6.09 Å². The fraction of sp³-hybridized carbons (Fsp3) is 0.600. The maximum Gasteiger partial charge on any atom is 0.416 e. The van der Waals surface area contributed by atoms with E-state index in [-0.39, 0.29) is 6.09 Å². The van der Waals surface area contributed by atoms with Crippen LogP contribution in [0.15, 0.2) is 6.20 Å². The Hall–Kier alpha value is -1.10. The second-order valence-electron chi connectivity index (χ2n) is 4.29. The molecule has 0 aliphatic carbocycles. The van der Waals surface area contributed by atoms with Gasteiger partial charge in [-0.1, -0.05) is 0 Å². The van der Waals surface area contributed by atoms with Crippen LogP contribution in [0, 0.1) is 6.92 Å². The predicted octanol–water partition coefficient (Wildman–Crippen LogP) is 2.82. The molecule has 0 aromatic carbocycles. The first-order valence-corrected chi connectivity index (χ1v) is 5.50. The highest BCUT2D eigenvalue weighted by atomic mass is 32.1. The standard InChI is InChI=1S/C10H16N2O2S/c1-7-6-11-8(15-7)12(5)9(13)14-10(2,3)4/h6H,1-5H3. The van der Waals surface area contributed by atoms with Crippen LogP contribution in [-0.2, 0) is 4.74 Å². The van der Waals surface area contributed by atoms with Crippen LogP contribution in [-0.4, -0.2) is 23.7 Å². The lowest BCUT2D eigenvalue weighted by atomic mass is 10.2. The van der Waals surface area contributed by atoms with Crippen molar-refractivity contribution in [3.8, 4) is 0 Å². The van der Waals surface area contributed by atoms with Crippen LogP contribution in [0.3, 0.4) is 0 Å². The molecule has 1 rings (SSSR count). The predicted molar refractivity (Wildman–Crippen MR) is 61.5 cm³/mol. The van der Waals surface area contributed by atoms with Crippen LogP contribution >= 0.6 is 11.3 Å². The van der Waals surface area contributed by atoms with Crippen molar-refractivity contribution < 1.29 is 9.53 Å². The summed E-state index contributed by atoms with van der Waals surface area (Å²) >= 11 is 1.46. The summed E-state index contributed by atoms with van der Waals surface area (Å²) < 4.78 is 5.22. The third kappa shape index (κ3) is 3.51. The lowest BCUT2D eigenvalue weighted by Crippen LogP contribution is -2.34. The molecule has 1 amide bonds. The zero-order valence-electron chi connectivity index (χ0n) is 9.70. The van der Waals surface area contributed by atoms with Crippen LogP contribution in [0.5, 0.6) is 0 Å². The van der Waals surface area contributed by atoms with Gasteiger partial charge in [-0.3, -0.25) is 4.90 Å². The van der Waals surface area contributed by atoms with Gasteiger partial charge in [0.2, 0.25) is 0 Å². The second kappa shape index (κ2) is 4.18. The summed E-state index contributed by atoms with van der Waals surface area (Å²) in [6.07, 6.45) is 1.36. The fourth-order valence-corrected chi connectivity index (χ4v) is 1.62. The van der Waals surface area contributed by atoms with Crippen molar-refractivity contribution in [1.29, 1.82) is 0 Å². The molecule has 5 heteroatoms. The van der Waals surface area contributed by atoms with Crippen molar-refractivity contribution in [2.24, 2.45) is 0 Å². The highest BCUT2D eigenvalue weighted by Crippen LogP contribution is 2.22. The molecular weight excluding hydrogens is 212 g/mol. The molecule has 0 spiro atoms. The quantitative estimate of drug-likeness (QED) is 0.742. The second-order valence-corrected chi connectivity index (χ2v) is 5.51. The minimum Gasteiger partial charge on any atom is -0.443 e. The summed E-state index contributed by atoms with van der Waals surface area (Å²) in [5, 5.41) is 0.654. The molecule has 0 N–H and O–H groups in total. The highest BCUT2D eigenvalue weighted by Gasteiger charge is 2.21. The van der Waals surface area contributed by atoms with Gasteiger partial charge in [0, 0.05) is 18.1 Å². The number of amides is 1. The van der Waals surface area contributed by atoms with E-state index in [2.05, 4.69) is 4.98 Å². The van der Waals surface area contributed by atoms with Gasteiger partial charge in [0.1, 0.15) is 5.60 Å². The van der Waals surface area contributed by atoms with Crippen molar-refractivity contribution >= 4 is 22.6 Å². The molecule has 0 aliphatic heterocycles. The summed E-state index contributed by atoms with van der Waals surface area (Å²) in [5.74, 6) is 0. The minimum atomic E-state index is -0.475. The average Bonchev–Trinajstić information content (AvgIpc) is 2.47. The van der Waals surface area contributed by atoms with Gasteiger partial charge in [0.05, 0.1) is 0 Å². The molecule has 0 bridgehead atoms. The van der Waals surface area contributed by atoms with Crippen LogP contribution in [0.2, 0.25) is 0 Å². The first-order chi connectivity index (χ1) is 6.79. The van der Waals surface area contributed by atoms with Crippen molar-refractivity contribution in [2.45, 2.75) is 33.3 Å². The van der Waals surface area contributed by atoms with E-state index in [0.717, 1.165) is 4.88 Å². The van der Waals surface area contributed by atoms with Gasteiger partial charge in [-0.05, 0) is 27.7 Å². The third-order valence-electron chi connectivity index (χ3n) is 1.56. The smallest absolute Gasteiger partial charge is 0.416 e. The van der Waals surface area contributed by atoms with Crippen molar-refractivity contribution in [3.63, 3.8) is 0 Å². The van der Waals surface area contributed by atoms with Gasteiger partial charge in [-0.25, -0.2) is 9.78 Å². The molecule has 0 unspecified atom stereocenters. The summed E-state index contributed by atoms with van der Waals surface area (Å²) in [7, 11) is 1.66. The number of nitrogens with zero attached hydrogens (tertiary/aromatic N) is 2. The number of aromatic nitrogens is 1. The Labute approximate surface area is 93.9 Å². The number of carbonyl (C=O) groups excluding carboxylic acids is 1.